The Morgan fingerprint density at radius 2 is 1.93 bits per heavy atom. The lowest BCUT2D eigenvalue weighted by molar-refractivity contribution is 0.923. The van der Waals surface area contributed by atoms with Crippen molar-refractivity contribution in [3.8, 4) is 0 Å². The first-order valence-corrected chi connectivity index (χ1v) is 4.79. The van der Waals surface area contributed by atoms with Crippen LogP contribution < -0.4 is 5.73 Å². The molecule has 0 aliphatic carbocycles. The van der Waals surface area contributed by atoms with Gasteiger partial charge in [-0.05, 0) is 12.3 Å². The van der Waals surface area contributed by atoms with Gasteiger partial charge in [-0.15, -0.1) is 0 Å². The number of nitrogens with zero attached hydrogens (tertiary/aromatic N) is 3. The van der Waals surface area contributed by atoms with E-state index in [-0.39, 0.29) is 0 Å². The Morgan fingerprint density at radius 1 is 1.36 bits per heavy atom. The van der Waals surface area contributed by atoms with Crippen LogP contribution in [-0.2, 0) is 0 Å². The molecular weight excluding hydrogens is 176 g/mol. The number of aromatic nitrogens is 3. The van der Waals surface area contributed by atoms with Crippen LogP contribution in [0.1, 0.15) is 33.5 Å². The third-order valence-electron chi connectivity index (χ3n) is 1.02. The van der Waals surface area contributed by atoms with Crippen molar-refractivity contribution in [3.63, 3.8) is 0 Å². The fourth-order valence-electron chi connectivity index (χ4n) is 0.605. The van der Waals surface area contributed by atoms with Gasteiger partial charge in [0.2, 0.25) is 0 Å². The predicted molar refractivity (Wildman–Crippen MR) is 62.3 cm³/mol. The minimum Gasteiger partial charge on any atom is -0.404 e. The van der Waals surface area contributed by atoms with Crippen molar-refractivity contribution in [3.05, 3.63) is 24.9 Å². The van der Waals surface area contributed by atoms with Crippen molar-refractivity contribution in [1.29, 1.82) is 0 Å². The summed E-state index contributed by atoms with van der Waals surface area (Å²) in [6.45, 7) is 11.5. The molecule has 4 heteroatoms. The molecule has 1 aromatic heterocycles. The maximum atomic E-state index is 5.15. The van der Waals surface area contributed by atoms with Crippen LogP contribution in [0.3, 0.4) is 0 Å². The highest BCUT2D eigenvalue weighted by Gasteiger charge is 1.92. The first-order valence-electron chi connectivity index (χ1n) is 4.79. The highest BCUT2D eigenvalue weighted by atomic mass is 15.3. The Hall–Kier alpha value is -1.58. The van der Waals surface area contributed by atoms with Gasteiger partial charge in [0.25, 0.3) is 0 Å². The molecule has 0 bridgehead atoms. The predicted octanol–water partition coefficient (Wildman–Crippen LogP) is 2.36. The molecule has 1 heterocycles. The topological polar surface area (TPSA) is 56.7 Å². The fraction of sp³-hybridized carbons (Fsp3) is 0.400. The van der Waals surface area contributed by atoms with E-state index < -0.39 is 0 Å². The molecule has 0 saturated carbocycles. The van der Waals surface area contributed by atoms with E-state index in [0.717, 1.165) is 0 Å². The smallest absolute Gasteiger partial charge is 0.156 e. The number of nitrogens with two attached hydrogens (primary N) is 1. The highest BCUT2D eigenvalue weighted by Crippen LogP contribution is 1.94. The molecule has 1 aromatic rings. The summed E-state index contributed by atoms with van der Waals surface area (Å²) in [6.07, 6.45) is 6.05. The molecule has 0 aliphatic rings. The lowest BCUT2D eigenvalue weighted by Gasteiger charge is -1.89. The average Bonchev–Trinajstić information content (AvgIpc) is 2.72. The molecule has 0 spiro atoms. The first kappa shape index (κ1) is 14.9. The molecular formula is C10H20N4. The van der Waals surface area contributed by atoms with Crippen LogP contribution in [0.2, 0.25) is 0 Å². The zero-order valence-electron chi connectivity index (χ0n) is 9.44. The zero-order valence-corrected chi connectivity index (χ0v) is 9.44. The lowest BCUT2D eigenvalue weighted by atomic mass is 10.6. The maximum absolute atomic E-state index is 5.15. The molecule has 1 rings (SSSR count). The Balaban J connectivity index is 0. The van der Waals surface area contributed by atoms with Gasteiger partial charge in [0.05, 0.1) is 0 Å². The van der Waals surface area contributed by atoms with Crippen molar-refractivity contribution in [2.24, 2.45) is 5.73 Å². The normalized spacial score (nSPS) is 8.29. The second kappa shape index (κ2) is 11.4. The molecule has 0 atom stereocenters. The Morgan fingerprint density at radius 3 is 2.36 bits per heavy atom. The summed E-state index contributed by atoms with van der Waals surface area (Å²) in [6, 6.07) is 0. The Labute approximate surface area is 86.2 Å². The molecule has 80 valence electrons. The summed E-state index contributed by atoms with van der Waals surface area (Å²) in [5.41, 5.74) is 5.15. The summed E-state index contributed by atoms with van der Waals surface area (Å²) in [5, 5.41) is 3.83. The van der Waals surface area contributed by atoms with Crippen LogP contribution in [0.15, 0.2) is 19.1 Å². The maximum Gasteiger partial charge on any atom is 0.156 e. The van der Waals surface area contributed by atoms with Crippen molar-refractivity contribution in [2.75, 3.05) is 0 Å². The van der Waals surface area contributed by atoms with Gasteiger partial charge in [-0.25, -0.2) is 9.67 Å². The van der Waals surface area contributed by atoms with Crippen molar-refractivity contribution >= 4 is 12.3 Å². The zero-order chi connectivity index (χ0) is 11.4. The van der Waals surface area contributed by atoms with E-state index in [1.54, 1.807) is 12.3 Å². The molecule has 0 saturated heterocycles. The van der Waals surface area contributed by atoms with Gasteiger partial charge >= 0.3 is 0 Å². The van der Waals surface area contributed by atoms with Crippen LogP contribution in [0.25, 0.3) is 12.3 Å². The summed E-state index contributed by atoms with van der Waals surface area (Å²) in [4.78, 5) is 3.89. The van der Waals surface area contributed by atoms with Gasteiger partial charge in [-0.3, -0.25) is 0 Å². The Bertz CT molecular complexity index is 250. The quantitative estimate of drug-likeness (QED) is 0.790. The molecule has 0 radical (unpaired) electrons. The van der Waals surface area contributed by atoms with Crippen molar-refractivity contribution in [2.45, 2.75) is 27.7 Å². The number of rotatable bonds is 2. The number of hydrogen-bond donors (Lipinski definition) is 1. The third kappa shape index (κ3) is 5.13. The van der Waals surface area contributed by atoms with Crippen LogP contribution in [0.5, 0.6) is 0 Å². The van der Waals surface area contributed by atoms with E-state index in [0.29, 0.717) is 5.82 Å². The molecule has 0 fully saturated rings. The summed E-state index contributed by atoms with van der Waals surface area (Å²) in [5.74, 6) is 0.678. The largest absolute Gasteiger partial charge is 0.404 e. The minimum atomic E-state index is 0.678. The SMILES string of the molecule is C=Cn1ncnc1/C=C\N.CC.CC. The fourth-order valence-corrected chi connectivity index (χ4v) is 0.605. The van der Waals surface area contributed by atoms with Crippen LogP contribution in [0, 0.1) is 0 Å². The van der Waals surface area contributed by atoms with Gasteiger partial charge < -0.3 is 5.73 Å². The standard InChI is InChI=1S/C6H8N4.2C2H6/c1-2-10-6(3-4-7)8-5-9-10;2*1-2/h2-5H,1,7H2;2*1-2H3/b4-3-;;. The van der Waals surface area contributed by atoms with Gasteiger partial charge in [-0.2, -0.15) is 5.10 Å². The first-order chi connectivity index (χ1) is 6.88. The van der Waals surface area contributed by atoms with E-state index in [9.17, 15) is 0 Å². The van der Waals surface area contributed by atoms with Gasteiger partial charge in [0.1, 0.15) is 6.33 Å². The van der Waals surface area contributed by atoms with Crippen molar-refractivity contribution in [1.82, 2.24) is 14.8 Å². The van der Waals surface area contributed by atoms with Gasteiger partial charge in [0.15, 0.2) is 5.82 Å². The van der Waals surface area contributed by atoms with E-state index >= 15 is 0 Å². The van der Waals surface area contributed by atoms with E-state index in [4.69, 9.17) is 5.73 Å². The molecule has 0 aromatic carbocycles. The molecule has 0 aliphatic heterocycles. The lowest BCUT2D eigenvalue weighted by Crippen LogP contribution is -1.91. The Kier molecular flexibility index (Phi) is 12.2. The van der Waals surface area contributed by atoms with E-state index in [2.05, 4.69) is 16.7 Å². The average molecular weight is 196 g/mol. The minimum absolute atomic E-state index is 0.678. The molecule has 0 unspecified atom stereocenters. The molecule has 14 heavy (non-hydrogen) atoms. The second-order valence-electron chi connectivity index (χ2n) is 1.60. The van der Waals surface area contributed by atoms with Crippen molar-refractivity contribution < 1.29 is 0 Å². The summed E-state index contributed by atoms with van der Waals surface area (Å²) in [7, 11) is 0. The molecule has 0 amide bonds. The third-order valence-corrected chi connectivity index (χ3v) is 1.02. The monoisotopic (exact) mass is 196 g/mol. The van der Waals surface area contributed by atoms with E-state index in [1.165, 1.54) is 17.2 Å². The van der Waals surface area contributed by atoms with E-state index in [1.807, 2.05) is 27.7 Å². The number of hydrogen-bond acceptors (Lipinski definition) is 3. The molecule has 2 N–H and O–H groups in total. The van der Waals surface area contributed by atoms with Gasteiger partial charge in [0, 0.05) is 6.20 Å². The van der Waals surface area contributed by atoms with Gasteiger partial charge in [-0.1, -0.05) is 34.3 Å². The second-order valence-corrected chi connectivity index (χ2v) is 1.60. The summed E-state index contributed by atoms with van der Waals surface area (Å²) < 4.78 is 1.53. The van der Waals surface area contributed by atoms with Crippen LogP contribution in [0.4, 0.5) is 0 Å². The molecule has 4 nitrogen and oxygen atoms in total. The van der Waals surface area contributed by atoms with Crippen LogP contribution >= 0.6 is 0 Å². The summed E-state index contributed by atoms with van der Waals surface area (Å²) >= 11 is 0. The highest BCUT2D eigenvalue weighted by molar-refractivity contribution is 5.41. The van der Waals surface area contributed by atoms with Crippen LogP contribution in [-0.4, -0.2) is 14.8 Å².